The minimum absolute atomic E-state index is 0.0621. The fourth-order valence-electron chi connectivity index (χ4n) is 2.97. The number of sulfone groups is 1. The molecule has 2 atom stereocenters. The molecule has 11 nitrogen and oxygen atoms in total. The molecule has 0 amide bonds. The molecule has 4 rings (SSSR count). The van der Waals surface area contributed by atoms with E-state index in [0.29, 0.717) is 11.4 Å². The van der Waals surface area contributed by atoms with Gasteiger partial charge in [0.1, 0.15) is 5.01 Å². The van der Waals surface area contributed by atoms with Crippen LogP contribution < -0.4 is 9.46 Å². The van der Waals surface area contributed by atoms with Gasteiger partial charge in [0.25, 0.3) is 0 Å². The molecule has 0 saturated carbocycles. The van der Waals surface area contributed by atoms with Gasteiger partial charge in [-0.3, -0.25) is 4.21 Å². The highest BCUT2D eigenvalue weighted by Gasteiger charge is 2.33. The number of hydrogen-bond donors (Lipinski definition) is 1. The van der Waals surface area contributed by atoms with Gasteiger partial charge in [-0.2, -0.15) is 0 Å². The Bertz CT molecular complexity index is 1400. The predicted octanol–water partition coefficient (Wildman–Crippen LogP) is 1.77. The molecule has 1 aromatic carbocycles. The maximum atomic E-state index is 12.5. The average Bonchev–Trinajstić information content (AvgIpc) is 3.37. The summed E-state index contributed by atoms with van der Waals surface area (Å²) in [4.78, 5) is 8.57. The molecular formula is C18H16N5O6S3-. The predicted molar refractivity (Wildman–Crippen MR) is 116 cm³/mol. The van der Waals surface area contributed by atoms with Gasteiger partial charge in [0.15, 0.2) is 15.1 Å². The van der Waals surface area contributed by atoms with Crippen molar-refractivity contribution in [2.24, 2.45) is 0 Å². The summed E-state index contributed by atoms with van der Waals surface area (Å²) in [6.07, 6.45) is 2.69. The second-order valence-electron chi connectivity index (χ2n) is 6.62. The maximum absolute atomic E-state index is 12.5. The van der Waals surface area contributed by atoms with Gasteiger partial charge in [-0.25, -0.2) is 23.1 Å². The molecule has 1 N–H and O–H groups in total. The summed E-state index contributed by atoms with van der Waals surface area (Å²) in [5.41, 5.74) is 2.39. The normalized spacial score (nSPS) is 13.8. The number of aromatic nitrogens is 4. The Kier molecular flexibility index (Phi) is 6.30. The summed E-state index contributed by atoms with van der Waals surface area (Å²) in [6.45, 7) is -0.252. The van der Waals surface area contributed by atoms with Gasteiger partial charge in [0.05, 0.1) is 23.9 Å². The molecule has 14 heteroatoms. The standard InChI is InChI=1S/C18H17N5O6S3/c1-28-14-8-11(5-6-19-14)10-3-4-12-13(7-10)30-18(21-12)16(32(2,26)27)17-23-22-15(29-17)9-20-31(24)25/h3-8,16,20H,9H2,1-2H3,(H,24,25)/p-1. The molecule has 0 spiro atoms. The third-order valence-electron chi connectivity index (χ3n) is 4.38. The van der Waals surface area contributed by atoms with E-state index in [1.54, 1.807) is 18.3 Å². The number of pyridine rings is 1. The molecule has 3 heterocycles. The van der Waals surface area contributed by atoms with E-state index >= 15 is 0 Å². The summed E-state index contributed by atoms with van der Waals surface area (Å²) < 4.78 is 59.8. The Morgan fingerprint density at radius 3 is 2.75 bits per heavy atom. The Morgan fingerprint density at radius 2 is 2.03 bits per heavy atom. The van der Waals surface area contributed by atoms with Crippen molar-refractivity contribution in [1.82, 2.24) is 24.9 Å². The minimum Gasteiger partial charge on any atom is -0.760 e. The molecule has 32 heavy (non-hydrogen) atoms. The first-order chi connectivity index (χ1) is 15.2. The number of fused-ring (bicyclic) bond motifs is 1. The summed E-state index contributed by atoms with van der Waals surface area (Å²) >= 11 is -1.33. The number of nitrogens with zero attached hydrogens (tertiary/aromatic N) is 4. The smallest absolute Gasteiger partial charge is 0.241 e. The van der Waals surface area contributed by atoms with E-state index in [1.165, 1.54) is 18.4 Å². The monoisotopic (exact) mass is 494 g/mol. The number of methoxy groups -OCH3 is 1. The Labute approximate surface area is 189 Å². The highest BCUT2D eigenvalue weighted by atomic mass is 32.2. The van der Waals surface area contributed by atoms with Crippen LogP contribution in [0.25, 0.3) is 21.3 Å². The topological polar surface area (TPSA) is 160 Å². The molecule has 0 aliphatic rings. The zero-order valence-corrected chi connectivity index (χ0v) is 19.2. The number of thiazole rings is 1. The van der Waals surface area contributed by atoms with Crippen LogP contribution in [0.4, 0.5) is 0 Å². The number of benzene rings is 1. The van der Waals surface area contributed by atoms with E-state index in [1.807, 2.05) is 18.2 Å². The van der Waals surface area contributed by atoms with Gasteiger partial charge < -0.3 is 13.7 Å². The highest BCUT2D eigenvalue weighted by Crippen LogP contribution is 2.36. The van der Waals surface area contributed by atoms with Crippen LogP contribution in [0.15, 0.2) is 40.9 Å². The zero-order valence-electron chi connectivity index (χ0n) is 16.7. The maximum Gasteiger partial charge on any atom is 0.241 e. The first kappa shape index (κ1) is 22.4. The third kappa shape index (κ3) is 4.83. The van der Waals surface area contributed by atoms with Crippen LogP contribution >= 0.6 is 11.3 Å². The van der Waals surface area contributed by atoms with Gasteiger partial charge in [-0.1, -0.05) is 6.07 Å². The first-order valence-corrected chi connectivity index (χ1v) is 12.8. The Morgan fingerprint density at radius 1 is 1.25 bits per heavy atom. The molecule has 4 aromatic rings. The molecule has 168 valence electrons. The van der Waals surface area contributed by atoms with Crippen molar-refractivity contribution in [3.05, 3.63) is 53.3 Å². The van der Waals surface area contributed by atoms with Crippen molar-refractivity contribution >= 4 is 42.7 Å². The lowest BCUT2D eigenvalue weighted by Crippen LogP contribution is -2.15. The van der Waals surface area contributed by atoms with Gasteiger partial charge in [0.2, 0.25) is 17.7 Å². The number of rotatable bonds is 8. The number of hydrogen-bond acceptors (Lipinski definition) is 11. The minimum atomic E-state index is -3.72. The largest absolute Gasteiger partial charge is 0.760 e. The fraction of sp³-hybridized carbons (Fsp3) is 0.222. The Hall–Kier alpha value is -2.78. The summed E-state index contributed by atoms with van der Waals surface area (Å²) in [7, 11) is -2.19. The van der Waals surface area contributed by atoms with Crippen molar-refractivity contribution in [2.45, 2.75) is 11.8 Å². The second kappa shape index (κ2) is 8.99. The molecule has 0 bridgehead atoms. The van der Waals surface area contributed by atoms with Crippen LogP contribution in [0.5, 0.6) is 5.88 Å². The van der Waals surface area contributed by atoms with E-state index in [2.05, 4.69) is 24.9 Å². The summed E-state index contributed by atoms with van der Waals surface area (Å²) in [5.74, 6) is 0.235. The fourth-order valence-corrected chi connectivity index (χ4v) is 5.74. The lowest BCUT2D eigenvalue weighted by atomic mass is 10.1. The van der Waals surface area contributed by atoms with Crippen molar-refractivity contribution in [1.29, 1.82) is 0 Å². The summed E-state index contributed by atoms with van der Waals surface area (Å²) in [6, 6.07) is 9.20. The first-order valence-electron chi connectivity index (χ1n) is 8.99. The Balaban J connectivity index is 1.71. The van der Waals surface area contributed by atoms with E-state index in [9.17, 15) is 17.2 Å². The van der Waals surface area contributed by atoms with E-state index in [0.717, 1.165) is 22.1 Å². The SMILES string of the molecule is COc1cc(-c2ccc3nc(C(c4nnc(CNS(=O)[O-])o4)S(C)(=O)=O)sc3c2)ccn1. The van der Waals surface area contributed by atoms with Crippen LogP contribution in [0.1, 0.15) is 22.0 Å². The highest BCUT2D eigenvalue weighted by molar-refractivity contribution is 7.91. The molecular weight excluding hydrogens is 478 g/mol. The lowest BCUT2D eigenvalue weighted by molar-refractivity contribution is 0.398. The van der Waals surface area contributed by atoms with Crippen molar-refractivity contribution in [3.8, 4) is 17.0 Å². The molecule has 0 fully saturated rings. The summed E-state index contributed by atoms with van der Waals surface area (Å²) in [5, 5.41) is 6.51. The van der Waals surface area contributed by atoms with Crippen LogP contribution in [0, 0.1) is 0 Å². The van der Waals surface area contributed by atoms with E-state index in [-0.39, 0.29) is 23.3 Å². The van der Waals surface area contributed by atoms with E-state index in [4.69, 9.17) is 9.15 Å². The van der Waals surface area contributed by atoms with Gasteiger partial charge in [0, 0.05) is 29.8 Å². The van der Waals surface area contributed by atoms with Crippen molar-refractivity contribution in [2.75, 3.05) is 13.4 Å². The quantitative estimate of drug-likeness (QED) is 0.357. The average molecular weight is 495 g/mol. The molecule has 0 aliphatic carbocycles. The van der Waals surface area contributed by atoms with Crippen LogP contribution in [0.3, 0.4) is 0 Å². The lowest BCUT2D eigenvalue weighted by Gasteiger charge is -2.07. The van der Waals surface area contributed by atoms with Gasteiger partial charge in [-0.05, 0) is 29.3 Å². The van der Waals surface area contributed by atoms with Crippen molar-refractivity contribution in [3.63, 3.8) is 0 Å². The second-order valence-corrected chi connectivity index (χ2v) is 10.6. The number of nitrogens with one attached hydrogen (secondary N) is 1. The van der Waals surface area contributed by atoms with Crippen molar-refractivity contribution < 1.29 is 26.3 Å². The zero-order chi connectivity index (χ0) is 22.9. The molecule has 0 aliphatic heterocycles. The van der Waals surface area contributed by atoms with E-state index < -0.39 is 26.4 Å². The van der Waals surface area contributed by atoms with Crippen LogP contribution in [0.2, 0.25) is 0 Å². The third-order valence-corrected chi connectivity index (χ3v) is 7.28. The van der Waals surface area contributed by atoms with Gasteiger partial charge in [-0.15, -0.1) is 21.5 Å². The van der Waals surface area contributed by atoms with Gasteiger partial charge >= 0.3 is 0 Å². The molecule has 0 radical (unpaired) electrons. The molecule has 3 aromatic heterocycles. The van der Waals surface area contributed by atoms with Crippen LogP contribution in [-0.4, -0.2) is 50.7 Å². The van der Waals surface area contributed by atoms with Crippen LogP contribution in [-0.2, 0) is 27.6 Å². The number of ether oxygens (including phenoxy) is 1. The molecule has 0 saturated heterocycles. The molecule has 2 unspecified atom stereocenters.